The van der Waals surface area contributed by atoms with Crippen LogP contribution in [-0.2, 0) is 14.2 Å². The Morgan fingerprint density at radius 3 is 2.45 bits per heavy atom. The van der Waals surface area contributed by atoms with E-state index in [1.807, 2.05) is 0 Å². The van der Waals surface area contributed by atoms with Gasteiger partial charge in [-0.25, -0.2) is 0 Å². The summed E-state index contributed by atoms with van der Waals surface area (Å²) in [5, 5.41) is 81.5. The van der Waals surface area contributed by atoms with Gasteiger partial charge in [-0.2, -0.15) is 0 Å². The zero-order valence-corrected chi connectivity index (χ0v) is 22.3. The third kappa shape index (κ3) is 5.46. The minimum atomic E-state index is -2.04. The lowest BCUT2D eigenvalue weighted by molar-refractivity contribution is -0.318. The number of aliphatic hydroxyl groups is 6. The van der Waals surface area contributed by atoms with Crippen LogP contribution in [0.5, 0.6) is 28.7 Å². The molecule has 2 saturated heterocycles. The van der Waals surface area contributed by atoms with Crippen LogP contribution < -0.4 is 14.2 Å². The van der Waals surface area contributed by atoms with Gasteiger partial charge in [-0.15, -0.1) is 0 Å². The summed E-state index contributed by atoms with van der Waals surface area (Å²) in [6.07, 6.45) is -12.2. The Bertz CT molecular complexity index is 1300. The van der Waals surface area contributed by atoms with Gasteiger partial charge in [0.05, 0.1) is 33.4 Å². The first-order chi connectivity index (χ1) is 20.0. The highest BCUT2D eigenvalue weighted by Crippen LogP contribution is 2.44. The van der Waals surface area contributed by atoms with Gasteiger partial charge in [-0.05, 0) is 17.7 Å². The minimum Gasteiger partial charge on any atom is -0.507 e. The van der Waals surface area contributed by atoms with Crippen LogP contribution in [0.15, 0.2) is 30.3 Å². The molecule has 3 heterocycles. The van der Waals surface area contributed by atoms with Crippen LogP contribution in [0.4, 0.5) is 0 Å². The summed E-state index contributed by atoms with van der Waals surface area (Å²) in [6.45, 7) is -2.06. The molecule has 0 radical (unpaired) electrons. The summed E-state index contributed by atoms with van der Waals surface area (Å²) in [5.41, 5.74) is -1.63. The van der Waals surface area contributed by atoms with Gasteiger partial charge in [0.15, 0.2) is 29.7 Å². The van der Waals surface area contributed by atoms with E-state index in [0.29, 0.717) is 5.56 Å². The van der Waals surface area contributed by atoms with Crippen LogP contribution in [0.3, 0.4) is 0 Å². The van der Waals surface area contributed by atoms with Gasteiger partial charge in [-0.1, -0.05) is 6.07 Å². The average Bonchev–Trinajstić information content (AvgIpc) is 3.25. The largest absolute Gasteiger partial charge is 0.507 e. The van der Waals surface area contributed by atoms with E-state index in [4.69, 9.17) is 28.4 Å². The highest BCUT2D eigenvalue weighted by atomic mass is 16.8. The fourth-order valence-corrected chi connectivity index (χ4v) is 5.06. The van der Waals surface area contributed by atoms with E-state index >= 15 is 0 Å². The fourth-order valence-electron chi connectivity index (χ4n) is 5.06. The first-order valence-corrected chi connectivity index (χ1v) is 13.0. The van der Waals surface area contributed by atoms with Gasteiger partial charge in [0.25, 0.3) is 0 Å². The van der Waals surface area contributed by atoms with E-state index in [1.54, 1.807) is 6.07 Å². The smallest absolute Gasteiger partial charge is 0.229 e. The molecule has 15 nitrogen and oxygen atoms in total. The molecule has 8 N–H and O–H groups in total. The minimum absolute atomic E-state index is 0.0478. The number of ketones is 1. The molecule has 5 rings (SSSR count). The highest BCUT2D eigenvalue weighted by molar-refractivity contribution is 6.02. The van der Waals surface area contributed by atoms with Gasteiger partial charge in [0.1, 0.15) is 58.9 Å². The number of benzene rings is 2. The molecule has 0 amide bonds. The van der Waals surface area contributed by atoms with E-state index in [0.717, 1.165) is 6.07 Å². The lowest BCUT2D eigenvalue weighted by Gasteiger charge is -2.42. The van der Waals surface area contributed by atoms with Crippen molar-refractivity contribution >= 4 is 5.78 Å². The van der Waals surface area contributed by atoms with E-state index in [9.17, 15) is 45.6 Å². The average molecular weight is 597 g/mol. The molecule has 0 spiro atoms. The van der Waals surface area contributed by atoms with E-state index in [2.05, 4.69) is 0 Å². The molecule has 3 aliphatic rings. The molecule has 0 aromatic heterocycles. The number of aromatic hydroxyl groups is 2. The lowest BCUT2D eigenvalue weighted by Crippen LogP contribution is -2.62. The molecule has 0 bridgehead atoms. The van der Waals surface area contributed by atoms with Crippen molar-refractivity contribution in [1.29, 1.82) is 0 Å². The Hall–Kier alpha value is -3.25. The number of hydrogen-bond donors (Lipinski definition) is 8. The van der Waals surface area contributed by atoms with E-state index < -0.39 is 86.2 Å². The summed E-state index contributed by atoms with van der Waals surface area (Å²) < 4.78 is 33.4. The summed E-state index contributed by atoms with van der Waals surface area (Å²) in [7, 11) is 1.37. The van der Waals surface area contributed by atoms with Crippen molar-refractivity contribution in [3.63, 3.8) is 0 Å². The number of rotatable bonds is 8. The fraction of sp³-hybridized carbons (Fsp3) is 0.519. The molecule has 3 aliphatic heterocycles. The maximum absolute atomic E-state index is 13.0. The third-order valence-corrected chi connectivity index (χ3v) is 7.50. The molecule has 0 aliphatic carbocycles. The summed E-state index contributed by atoms with van der Waals surface area (Å²) in [5.74, 6) is -1.02. The van der Waals surface area contributed by atoms with Crippen LogP contribution in [0, 0.1) is 0 Å². The topological polar surface area (TPSA) is 234 Å². The second-order valence-electron chi connectivity index (χ2n) is 10.3. The van der Waals surface area contributed by atoms with Gasteiger partial charge in [0.2, 0.25) is 6.29 Å². The quantitative estimate of drug-likeness (QED) is 0.172. The van der Waals surface area contributed by atoms with Gasteiger partial charge in [-0.3, -0.25) is 4.79 Å². The third-order valence-electron chi connectivity index (χ3n) is 7.50. The Kier molecular flexibility index (Phi) is 8.48. The SMILES string of the molecule is COc1cc([C@@H]2CC(=O)c3c(O)cc(O[C@@H]4O[C@@H](CO)[C@H](O)[C@@H](O)[C@@H]4O[C@@H]4OC[C@](O)(CO)[C@@H]4O)cc3O2)ccc1O. The Labute approximate surface area is 238 Å². The Balaban J connectivity index is 1.41. The van der Waals surface area contributed by atoms with Crippen LogP contribution in [0.1, 0.15) is 28.4 Å². The molecular weight excluding hydrogens is 564 g/mol. The number of phenolic OH excluding ortho intramolecular Hbond substituents is 2. The van der Waals surface area contributed by atoms with Crippen molar-refractivity contribution in [2.24, 2.45) is 0 Å². The first kappa shape index (κ1) is 30.2. The monoisotopic (exact) mass is 596 g/mol. The van der Waals surface area contributed by atoms with E-state index in [1.165, 1.54) is 25.3 Å². The molecule has 42 heavy (non-hydrogen) atoms. The predicted molar refractivity (Wildman–Crippen MR) is 136 cm³/mol. The molecule has 2 aromatic carbocycles. The Morgan fingerprint density at radius 1 is 1.02 bits per heavy atom. The number of fused-ring (bicyclic) bond motifs is 1. The van der Waals surface area contributed by atoms with Gasteiger partial charge in [0, 0.05) is 12.1 Å². The van der Waals surface area contributed by atoms with Crippen LogP contribution in [0.2, 0.25) is 0 Å². The number of carbonyl (C=O) groups excluding carboxylic acids is 1. The highest BCUT2D eigenvalue weighted by Gasteiger charge is 2.53. The van der Waals surface area contributed by atoms with Crippen molar-refractivity contribution < 1.29 is 74.1 Å². The normalized spacial score (nSPS) is 34.5. The van der Waals surface area contributed by atoms with Crippen molar-refractivity contribution in [1.82, 2.24) is 0 Å². The zero-order valence-electron chi connectivity index (χ0n) is 22.3. The second kappa shape index (κ2) is 11.8. The van der Waals surface area contributed by atoms with Crippen molar-refractivity contribution in [3.05, 3.63) is 41.5 Å². The molecule has 9 atom stereocenters. The molecule has 0 saturated carbocycles. The predicted octanol–water partition coefficient (Wildman–Crippen LogP) is -1.54. The summed E-state index contributed by atoms with van der Waals surface area (Å²) >= 11 is 0. The number of ether oxygens (including phenoxy) is 6. The van der Waals surface area contributed by atoms with Crippen LogP contribution >= 0.6 is 0 Å². The summed E-state index contributed by atoms with van der Waals surface area (Å²) in [4.78, 5) is 13.0. The van der Waals surface area contributed by atoms with Crippen LogP contribution in [-0.4, -0.2) is 122 Å². The first-order valence-electron chi connectivity index (χ1n) is 13.0. The number of phenols is 2. The molecule has 15 heteroatoms. The number of aliphatic hydroxyl groups excluding tert-OH is 5. The molecule has 230 valence electrons. The molecule has 2 fully saturated rings. The van der Waals surface area contributed by atoms with Crippen molar-refractivity contribution in [2.75, 3.05) is 26.9 Å². The zero-order chi connectivity index (χ0) is 30.3. The van der Waals surface area contributed by atoms with Gasteiger partial charge < -0.3 is 69.3 Å². The van der Waals surface area contributed by atoms with Gasteiger partial charge >= 0.3 is 0 Å². The number of Topliss-reactive ketones (excluding diaryl/α,β-unsaturated/α-hetero) is 1. The summed E-state index contributed by atoms with van der Waals surface area (Å²) in [6, 6.07) is 6.83. The second-order valence-corrected chi connectivity index (χ2v) is 10.3. The van der Waals surface area contributed by atoms with Crippen LogP contribution in [0.25, 0.3) is 0 Å². The number of hydrogen-bond acceptors (Lipinski definition) is 15. The lowest BCUT2D eigenvalue weighted by atomic mass is 9.95. The van der Waals surface area contributed by atoms with Crippen molar-refractivity contribution in [2.45, 2.75) is 61.2 Å². The molecular formula is C27H32O15. The standard InChI is InChI=1S/C27H32O15/c1-37-17-4-11(2-3-13(17)30)16-7-15(32)20-14(31)5-12(6-18(20)40-16)39-25-23(22(34)21(33)19(8-28)41-25)42-26-24(35)27(36,9-29)10-38-26/h2-6,16,19,21-26,28-31,33-36H,7-10H2,1H3/t16-,19-,21-,22+,23-,24+,25+,26-,27+/m0/s1. The maximum Gasteiger partial charge on any atom is 0.229 e. The number of methoxy groups -OCH3 is 1. The Morgan fingerprint density at radius 2 is 1.79 bits per heavy atom. The molecule has 2 aromatic rings. The maximum atomic E-state index is 13.0. The number of carbonyl (C=O) groups is 1. The van der Waals surface area contributed by atoms with Crippen molar-refractivity contribution in [3.8, 4) is 28.7 Å². The molecule has 0 unspecified atom stereocenters. The van der Waals surface area contributed by atoms with E-state index in [-0.39, 0.29) is 35.0 Å².